The fourth-order valence-electron chi connectivity index (χ4n) is 1.66. The van der Waals surface area contributed by atoms with E-state index in [0.29, 0.717) is 11.7 Å². The lowest BCUT2D eigenvalue weighted by Crippen LogP contribution is -2.31. The number of benzene rings is 1. The molecule has 0 atom stereocenters. The summed E-state index contributed by atoms with van der Waals surface area (Å²) >= 11 is 0. The molecule has 0 aromatic heterocycles. The largest absolute Gasteiger partial charge is 0.376 e. The second-order valence-electron chi connectivity index (χ2n) is 4.51. The molecule has 6 heteroatoms. The normalized spacial score (nSPS) is 14.1. The summed E-state index contributed by atoms with van der Waals surface area (Å²) in [7, 11) is 0. The van der Waals surface area contributed by atoms with Crippen molar-refractivity contribution >= 4 is 17.3 Å². The Morgan fingerprint density at radius 3 is 2.78 bits per heavy atom. The maximum Gasteiger partial charge on any atom is 0.271 e. The number of hydrogen-bond acceptors (Lipinski definition) is 4. The number of aryl methyl sites for hydroxylation is 1. The zero-order valence-corrected chi connectivity index (χ0v) is 10.1. The Kier molecular flexibility index (Phi) is 3.45. The van der Waals surface area contributed by atoms with Gasteiger partial charge in [0, 0.05) is 23.9 Å². The van der Waals surface area contributed by atoms with Crippen molar-refractivity contribution in [3.05, 3.63) is 33.9 Å². The van der Waals surface area contributed by atoms with Crippen LogP contribution < -0.4 is 10.6 Å². The summed E-state index contributed by atoms with van der Waals surface area (Å²) in [6.45, 7) is 1.92. The Balaban J connectivity index is 1.95. The molecule has 1 saturated carbocycles. The molecule has 96 valence electrons. The van der Waals surface area contributed by atoms with Gasteiger partial charge in [0.25, 0.3) is 5.69 Å². The van der Waals surface area contributed by atoms with E-state index in [-0.39, 0.29) is 18.1 Å². The number of nitrogens with one attached hydrogen (secondary N) is 2. The SMILES string of the molecule is Cc1cc(NCC(=O)NC2CC2)cc([N+](=O)[O-])c1. The van der Waals surface area contributed by atoms with Gasteiger partial charge in [-0.15, -0.1) is 0 Å². The third-order valence-corrected chi connectivity index (χ3v) is 2.67. The summed E-state index contributed by atoms with van der Waals surface area (Å²) < 4.78 is 0. The van der Waals surface area contributed by atoms with Crippen molar-refractivity contribution in [3.63, 3.8) is 0 Å². The highest BCUT2D eigenvalue weighted by atomic mass is 16.6. The summed E-state index contributed by atoms with van der Waals surface area (Å²) in [5.74, 6) is -0.0818. The number of nitro groups is 1. The third kappa shape index (κ3) is 3.44. The minimum atomic E-state index is -0.442. The number of carbonyl (C=O) groups is 1. The zero-order chi connectivity index (χ0) is 13.1. The van der Waals surface area contributed by atoms with E-state index in [4.69, 9.17) is 0 Å². The van der Waals surface area contributed by atoms with Crippen molar-refractivity contribution in [2.24, 2.45) is 0 Å². The fourth-order valence-corrected chi connectivity index (χ4v) is 1.66. The van der Waals surface area contributed by atoms with Gasteiger partial charge in [0.15, 0.2) is 0 Å². The number of amides is 1. The number of nitro benzene ring substituents is 1. The quantitative estimate of drug-likeness (QED) is 0.613. The predicted molar refractivity (Wildman–Crippen MR) is 67.5 cm³/mol. The smallest absolute Gasteiger partial charge is 0.271 e. The molecule has 0 heterocycles. The zero-order valence-electron chi connectivity index (χ0n) is 10.1. The second-order valence-corrected chi connectivity index (χ2v) is 4.51. The first kappa shape index (κ1) is 12.3. The van der Waals surface area contributed by atoms with Crippen LogP contribution in [0.3, 0.4) is 0 Å². The van der Waals surface area contributed by atoms with Gasteiger partial charge >= 0.3 is 0 Å². The van der Waals surface area contributed by atoms with Gasteiger partial charge in [-0.05, 0) is 31.4 Å². The van der Waals surface area contributed by atoms with Crippen molar-refractivity contribution in [1.82, 2.24) is 5.32 Å². The summed E-state index contributed by atoms with van der Waals surface area (Å²) in [4.78, 5) is 21.7. The van der Waals surface area contributed by atoms with Crippen molar-refractivity contribution in [3.8, 4) is 0 Å². The van der Waals surface area contributed by atoms with Crippen LogP contribution >= 0.6 is 0 Å². The molecular formula is C12H15N3O3. The molecule has 18 heavy (non-hydrogen) atoms. The molecule has 1 fully saturated rings. The van der Waals surface area contributed by atoms with Crippen LogP contribution in [0.1, 0.15) is 18.4 Å². The molecule has 2 N–H and O–H groups in total. The van der Waals surface area contributed by atoms with E-state index >= 15 is 0 Å². The average Bonchev–Trinajstić information content (AvgIpc) is 3.09. The van der Waals surface area contributed by atoms with E-state index in [1.165, 1.54) is 12.1 Å². The first-order chi connectivity index (χ1) is 8.54. The molecule has 1 amide bonds. The van der Waals surface area contributed by atoms with Gasteiger partial charge in [0.05, 0.1) is 11.5 Å². The average molecular weight is 249 g/mol. The third-order valence-electron chi connectivity index (χ3n) is 2.67. The van der Waals surface area contributed by atoms with E-state index in [9.17, 15) is 14.9 Å². The predicted octanol–water partition coefficient (Wildman–Crippen LogP) is 1.59. The number of hydrogen-bond donors (Lipinski definition) is 2. The van der Waals surface area contributed by atoms with Gasteiger partial charge in [-0.1, -0.05) is 0 Å². The van der Waals surface area contributed by atoms with E-state index in [2.05, 4.69) is 10.6 Å². The van der Waals surface area contributed by atoms with Crippen LogP contribution in [-0.4, -0.2) is 23.4 Å². The van der Waals surface area contributed by atoms with Gasteiger partial charge in [0.1, 0.15) is 0 Å². The Bertz CT molecular complexity index is 483. The molecule has 0 radical (unpaired) electrons. The minimum absolute atomic E-state index is 0.0279. The van der Waals surface area contributed by atoms with Crippen molar-refractivity contribution < 1.29 is 9.72 Å². The molecule has 0 spiro atoms. The van der Waals surface area contributed by atoms with E-state index in [1.54, 1.807) is 13.0 Å². The molecule has 1 aromatic rings. The number of carbonyl (C=O) groups excluding carboxylic acids is 1. The summed E-state index contributed by atoms with van der Waals surface area (Å²) in [5, 5.41) is 16.4. The van der Waals surface area contributed by atoms with Crippen LogP contribution in [-0.2, 0) is 4.79 Å². The molecule has 1 aromatic carbocycles. The van der Waals surface area contributed by atoms with Gasteiger partial charge in [0.2, 0.25) is 5.91 Å². The number of rotatable bonds is 5. The Labute approximate surface area is 105 Å². The van der Waals surface area contributed by atoms with Gasteiger partial charge in [-0.25, -0.2) is 0 Å². The Morgan fingerprint density at radius 2 is 2.17 bits per heavy atom. The highest BCUT2D eigenvalue weighted by Gasteiger charge is 2.22. The molecule has 0 aliphatic heterocycles. The minimum Gasteiger partial charge on any atom is -0.376 e. The van der Waals surface area contributed by atoms with Gasteiger partial charge < -0.3 is 10.6 Å². The Morgan fingerprint density at radius 1 is 1.44 bits per heavy atom. The fraction of sp³-hybridized carbons (Fsp3) is 0.417. The topological polar surface area (TPSA) is 84.3 Å². The van der Waals surface area contributed by atoms with Crippen molar-refractivity contribution in [2.75, 3.05) is 11.9 Å². The van der Waals surface area contributed by atoms with Crippen LogP contribution in [0, 0.1) is 17.0 Å². The lowest BCUT2D eigenvalue weighted by atomic mass is 10.2. The molecule has 1 aliphatic carbocycles. The maximum atomic E-state index is 11.5. The first-order valence-electron chi connectivity index (χ1n) is 5.84. The van der Waals surface area contributed by atoms with E-state index < -0.39 is 4.92 Å². The van der Waals surface area contributed by atoms with Crippen LogP contribution in [0.2, 0.25) is 0 Å². The molecule has 1 aliphatic rings. The van der Waals surface area contributed by atoms with Gasteiger partial charge in [-0.3, -0.25) is 14.9 Å². The summed E-state index contributed by atoms with van der Waals surface area (Å²) in [6, 6.07) is 5.02. The molecule has 0 unspecified atom stereocenters. The molecule has 0 bridgehead atoms. The second kappa shape index (κ2) is 5.03. The molecule has 6 nitrogen and oxygen atoms in total. The molecule has 2 rings (SSSR count). The van der Waals surface area contributed by atoms with Crippen LogP contribution in [0.15, 0.2) is 18.2 Å². The van der Waals surface area contributed by atoms with E-state index in [1.807, 2.05) is 0 Å². The van der Waals surface area contributed by atoms with Crippen LogP contribution in [0.4, 0.5) is 11.4 Å². The number of nitrogens with zero attached hydrogens (tertiary/aromatic N) is 1. The standard InChI is InChI=1S/C12H15N3O3/c1-8-4-10(6-11(5-8)15(17)18)13-7-12(16)14-9-2-3-9/h4-6,9,13H,2-3,7H2,1H3,(H,14,16). The van der Waals surface area contributed by atoms with Crippen LogP contribution in [0.25, 0.3) is 0 Å². The summed E-state index contributed by atoms with van der Waals surface area (Å²) in [5.41, 5.74) is 1.40. The number of anilines is 1. The van der Waals surface area contributed by atoms with Gasteiger partial charge in [-0.2, -0.15) is 0 Å². The molecule has 0 saturated heterocycles. The first-order valence-corrected chi connectivity index (χ1v) is 5.84. The number of non-ortho nitro benzene ring substituents is 1. The highest BCUT2D eigenvalue weighted by Crippen LogP contribution is 2.20. The summed E-state index contributed by atoms with van der Waals surface area (Å²) in [6.07, 6.45) is 2.09. The Hall–Kier alpha value is -2.11. The highest BCUT2D eigenvalue weighted by molar-refractivity contribution is 5.81. The lowest BCUT2D eigenvalue weighted by molar-refractivity contribution is -0.384. The molecular weight excluding hydrogens is 234 g/mol. The van der Waals surface area contributed by atoms with E-state index in [0.717, 1.165) is 18.4 Å². The van der Waals surface area contributed by atoms with Crippen molar-refractivity contribution in [2.45, 2.75) is 25.8 Å². The lowest BCUT2D eigenvalue weighted by Gasteiger charge is -2.07. The van der Waals surface area contributed by atoms with Crippen LogP contribution in [0.5, 0.6) is 0 Å². The van der Waals surface area contributed by atoms with Crippen molar-refractivity contribution in [1.29, 1.82) is 0 Å². The monoisotopic (exact) mass is 249 g/mol. The maximum absolute atomic E-state index is 11.5.